The number of hydrogen-bond acceptors (Lipinski definition) is 5. The number of aromatic nitrogens is 2. The Balaban J connectivity index is 1.73. The maximum Gasteiger partial charge on any atom is 0.234 e. The third-order valence-electron chi connectivity index (χ3n) is 4.22. The number of amides is 1. The molecule has 1 saturated heterocycles. The van der Waals surface area contributed by atoms with Gasteiger partial charge in [-0.2, -0.15) is 0 Å². The molecule has 0 aromatic carbocycles. The third-order valence-corrected chi connectivity index (χ3v) is 4.22. The number of nitrogens with zero attached hydrogens (tertiary/aromatic N) is 3. The highest BCUT2D eigenvalue weighted by atomic mass is 16.2. The van der Waals surface area contributed by atoms with Gasteiger partial charge in [-0.3, -0.25) is 14.7 Å². The van der Waals surface area contributed by atoms with E-state index in [0.717, 1.165) is 49.7 Å². The van der Waals surface area contributed by atoms with Crippen LogP contribution in [0.2, 0.25) is 0 Å². The van der Waals surface area contributed by atoms with E-state index < -0.39 is 0 Å². The fourth-order valence-electron chi connectivity index (χ4n) is 2.96. The van der Waals surface area contributed by atoms with E-state index in [1.165, 1.54) is 0 Å². The Morgan fingerprint density at radius 1 is 1.29 bits per heavy atom. The largest absolute Gasteiger partial charge is 0.368 e. The number of carbonyl (C=O) groups is 1. The Hall–Kier alpha value is -1.69. The molecule has 0 unspecified atom stereocenters. The topological polar surface area (TPSA) is 70.2 Å². The van der Waals surface area contributed by atoms with E-state index in [1.54, 1.807) is 6.20 Å². The van der Waals surface area contributed by atoms with Crippen LogP contribution in [0.1, 0.15) is 45.0 Å². The van der Waals surface area contributed by atoms with Crippen molar-refractivity contribution < 1.29 is 4.79 Å². The van der Waals surface area contributed by atoms with Gasteiger partial charge in [0.25, 0.3) is 0 Å². The Morgan fingerprint density at radius 2 is 1.96 bits per heavy atom. The van der Waals surface area contributed by atoms with Crippen LogP contribution < -0.4 is 10.6 Å². The minimum atomic E-state index is -0.161. The zero-order chi connectivity index (χ0) is 17.7. The molecular weight excluding hydrogens is 302 g/mol. The molecule has 6 nitrogen and oxygen atoms in total. The second-order valence-corrected chi connectivity index (χ2v) is 7.84. The summed E-state index contributed by atoms with van der Waals surface area (Å²) in [4.78, 5) is 23.1. The van der Waals surface area contributed by atoms with Gasteiger partial charge in [0.05, 0.1) is 17.9 Å². The predicted molar refractivity (Wildman–Crippen MR) is 97.1 cm³/mol. The second-order valence-electron chi connectivity index (χ2n) is 7.84. The van der Waals surface area contributed by atoms with Gasteiger partial charge >= 0.3 is 0 Å². The van der Waals surface area contributed by atoms with Crippen molar-refractivity contribution in [2.24, 2.45) is 5.92 Å². The average Bonchev–Trinajstić information content (AvgIpc) is 2.47. The number of nitrogens with one attached hydrogen (secondary N) is 2. The summed E-state index contributed by atoms with van der Waals surface area (Å²) >= 11 is 0. The van der Waals surface area contributed by atoms with Crippen LogP contribution in [0.15, 0.2) is 6.20 Å². The standard InChI is InChI=1S/C18H31N5O/c1-13-10-19-14(2)17(21-13)20-11-15-6-8-23(9-7-15)12-16(24)22-18(3,4)5/h10,15H,6-9,11-12H2,1-5H3,(H,20,21)(H,22,24). The normalized spacial score (nSPS) is 16.9. The molecule has 0 spiro atoms. The molecule has 1 aromatic rings. The first-order valence-corrected chi connectivity index (χ1v) is 8.80. The quantitative estimate of drug-likeness (QED) is 0.864. The highest BCUT2D eigenvalue weighted by Crippen LogP contribution is 2.18. The Kier molecular flexibility index (Phi) is 6.15. The van der Waals surface area contributed by atoms with Crippen molar-refractivity contribution in [2.45, 2.75) is 53.0 Å². The van der Waals surface area contributed by atoms with Crippen molar-refractivity contribution in [2.75, 3.05) is 31.5 Å². The first kappa shape index (κ1) is 18.6. The van der Waals surface area contributed by atoms with Crippen LogP contribution in [-0.2, 0) is 4.79 Å². The number of anilines is 1. The summed E-state index contributed by atoms with van der Waals surface area (Å²) in [6.07, 6.45) is 4.00. The molecule has 0 atom stereocenters. The molecule has 0 aliphatic carbocycles. The monoisotopic (exact) mass is 333 g/mol. The summed E-state index contributed by atoms with van der Waals surface area (Å²) in [5.74, 6) is 1.63. The van der Waals surface area contributed by atoms with Gasteiger partial charge in [0, 0.05) is 18.3 Å². The van der Waals surface area contributed by atoms with Crippen molar-refractivity contribution in [3.8, 4) is 0 Å². The summed E-state index contributed by atoms with van der Waals surface area (Å²) in [5.41, 5.74) is 1.71. The highest BCUT2D eigenvalue weighted by molar-refractivity contribution is 5.78. The molecule has 2 N–H and O–H groups in total. The number of hydrogen-bond donors (Lipinski definition) is 2. The molecule has 0 saturated carbocycles. The lowest BCUT2D eigenvalue weighted by Gasteiger charge is -2.32. The number of piperidine rings is 1. The first-order chi connectivity index (χ1) is 11.2. The summed E-state index contributed by atoms with van der Waals surface area (Å²) in [7, 11) is 0. The lowest BCUT2D eigenvalue weighted by Crippen LogP contribution is -2.47. The van der Waals surface area contributed by atoms with Gasteiger partial charge in [-0.25, -0.2) is 4.98 Å². The molecule has 1 aliphatic heterocycles. The minimum Gasteiger partial charge on any atom is -0.368 e. The lowest BCUT2D eigenvalue weighted by molar-refractivity contribution is -0.124. The molecule has 2 heterocycles. The molecule has 0 radical (unpaired) electrons. The molecule has 2 rings (SSSR count). The Morgan fingerprint density at radius 3 is 2.58 bits per heavy atom. The predicted octanol–water partition coefficient (Wildman–Crippen LogP) is 2.13. The maximum absolute atomic E-state index is 12.0. The molecule has 1 fully saturated rings. The molecule has 1 amide bonds. The number of rotatable bonds is 5. The van der Waals surface area contributed by atoms with Crippen molar-refractivity contribution in [1.82, 2.24) is 20.2 Å². The summed E-state index contributed by atoms with van der Waals surface area (Å²) in [6.45, 7) is 13.3. The number of carbonyl (C=O) groups excluding carboxylic acids is 1. The second kappa shape index (κ2) is 7.92. The van der Waals surface area contributed by atoms with Gasteiger partial charge in [0.1, 0.15) is 5.82 Å². The van der Waals surface area contributed by atoms with Gasteiger partial charge in [-0.1, -0.05) is 0 Å². The Bertz CT molecular complexity index is 559. The van der Waals surface area contributed by atoms with E-state index in [4.69, 9.17) is 0 Å². The van der Waals surface area contributed by atoms with E-state index >= 15 is 0 Å². The lowest BCUT2D eigenvalue weighted by atomic mass is 9.96. The molecule has 6 heteroatoms. The summed E-state index contributed by atoms with van der Waals surface area (Å²) in [5, 5.41) is 6.47. The molecular formula is C18H31N5O. The van der Waals surface area contributed by atoms with Gasteiger partial charge in [0.15, 0.2) is 0 Å². The van der Waals surface area contributed by atoms with Gasteiger partial charge in [0.2, 0.25) is 5.91 Å². The van der Waals surface area contributed by atoms with Gasteiger partial charge < -0.3 is 10.6 Å². The van der Waals surface area contributed by atoms with E-state index in [1.807, 2.05) is 34.6 Å². The molecule has 1 aliphatic rings. The van der Waals surface area contributed by atoms with Crippen LogP contribution in [0.3, 0.4) is 0 Å². The van der Waals surface area contributed by atoms with Crippen LogP contribution >= 0.6 is 0 Å². The van der Waals surface area contributed by atoms with Crippen molar-refractivity contribution in [3.05, 3.63) is 17.6 Å². The minimum absolute atomic E-state index is 0.115. The van der Waals surface area contributed by atoms with Crippen LogP contribution in [0.4, 0.5) is 5.82 Å². The SMILES string of the molecule is Cc1cnc(C)c(NCC2CCN(CC(=O)NC(C)(C)C)CC2)n1. The van der Waals surface area contributed by atoms with Gasteiger partial charge in [-0.15, -0.1) is 0 Å². The average molecular weight is 333 g/mol. The first-order valence-electron chi connectivity index (χ1n) is 8.80. The van der Waals surface area contributed by atoms with Crippen LogP contribution in [0.25, 0.3) is 0 Å². The summed E-state index contributed by atoms with van der Waals surface area (Å²) in [6, 6.07) is 0. The van der Waals surface area contributed by atoms with Crippen molar-refractivity contribution in [3.63, 3.8) is 0 Å². The fourth-order valence-corrected chi connectivity index (χ4v) is 2.96. The number of aryl methyl sites for hydroxylation is 2. The zero-order valence-corrected chi connectivity index (χ0v) is 15.6. The molecule has 1 aromatic heterocycles. The van der Waals surface area contributed by atoms with E-state index in [2.05, 4.69) is 25.5 Å². The Labute approximate surface area is 145 Å². The fraction of sp³-hybridized carbons (Fsp3) is 0.722. The van der Waals surface area contributed by atoms with Crippen molar-refractivity contribution >= 4 is 11.7 Å². The van der Waals surface area contributed by atoms with E-state index in [0.29, 0.717) is 12.5 Å². The van der Waals surface area contributed by atoms with E-state index in [-0.39, 0.29) is 11.4 Å². The zero-order valence-electron chi connectivity index (χ0n) is 15.6. The number of likely N-dealkylation sites (tertiary alicyclic amines) is 1. The molecule has 24 heavy (non-hydrogen) atoms. The molecule has 0 bridgehead atoms. The third kappa shape index (κ3) is 6.07. The van der Waals surface area contributed by atoms with Crippen molar-refractivity contribution in [1.29, 1.82) is 0 Å². The molecule has 134 valence electrons. The highest BCUT2D eigenvalue weighted by Gasteiger charge is 2.22. The van der Waals surface area contributed by atoms with Crippen LogP contribution in [0, 0.1) is 19.8 Å². The van der Waals surface area contributed by atoms with E-state index in [9.17, 15) is 4.79 Å². The van der Waals surface area contributed by atoms with Crippen LogP contribution in [-0.4, -0.2) is 52.5 Å². The van der Waals surface area contributed by atoms with Gasteiger partial charge in [-0.05, 0) is 66.5 Å². The summed E-state index contributed by atoms with van der Waals surface area (Å²) < 4.78 is 0. The smallest absolute Gasteiger partial charge is 0.234 e. The van der Waals surface area contributed by atoms with Crippen LogP contribution in [0.5, 0.6) is 0 Å². The maximum atomic E-state index is 12.0.